The minimum atomic E-state index is -0.205. The van der Waals surface area contributed by atoms with Crippen molar-refractivity contribution < 1.29 is 9.90 Å². The van der Waals surface area contributed by atoms with Crippen molar-refractivity contribution in [3.8, 4) is 0 Å². The van der Waals surface area contributed by atoms with Crippen molar-refractivity contribution in [3.05, 3.63) is 11.6 Å². The van der Waals surface area contributed by atoms with Gasteiger partial charge in [0.2, 0.25) is 0 Å². The number of aryl methyl sites for hydroxylation is 1. The molecule has 2 aliphatic rings. The van der Waals surface area contributed by atoms with Crippen molar-refractivity contribution in [2.75, 3.05) is 6.61 Å². The van der Waals surface area contributed by atoms with Gasteiger partial charge in [0.05, 0.1) is 13.2 Å². The molecule has 2 heterocycles. The van der Waals surface area contributed by atoms with Gasteiger partial charge in [-0.25, -0.2) is 4.79 Å². The number of urea groups is 1. The average molecular weight is 321 g/mol. The number of rotatable bonds is 4. The highest BCUT2D eigenvalue weighted by Gasteiger charge is 2.39. The van der Waals surface area contributed by atoms with Crippen LogP contribution in [0.5, 0.6) is 0 Å². The zero-order valence-electron chi connectivity index (χ0n) is 13.8. The van der Waals surface area contributed by atoms with Gasteiger partial charge in [-0.1, -0.05) is 19.8 Å². The highest BCUT2D eigenvalue weighted by Crippen LogP contribution is 2.37. The summed E-state index contributed by atoms with van der Waals surface area (Å²) in [7, 11) is 0. The number of aliphatic hydroxyl groups is 1. The molecule has 7 heteroatoms. The van der Waals surface area contributed by atoms with E-state index in [9.17, 15) is 9.90 Å². The maximum Gasteiger partial charge on any atom is 0.315 e. The van der Waals surface area contributed by atoms with Gasteiger partial charge < -0.3 is 20.3 Å². The van der Waals surface area contributed by atoms with Crippen LogP contribution >= 0.6 is 0 Å². The van der Waals surface area contributed by atoms with Crippen molar-refractivity contribution in [3.63, 3.8) is 0 Å². The second kappa shape index (κ2) is 6.86. The quantitative estimate of drug-likeness (QED) is 0.780. The molecule has 3 rings (SSSR count). The van der Waals surface area contributed by atoms with E-state index in [0.717, 1.165) is 56.7 Å². The monoisotopic (exact) mass is 321 g/mol. The molecule has 2 atom stereocenters. The van der Waals surface area contributed by atoms with E-state index in [1.165, 1.54) is 6.42 Å². The minimum absolute atomic E-state index is 0.0306. The van der Waals surface area contributed by atoms with Gasteiger partial charge in [-0.05, 0) is 25.7 Å². The van der Waals surface area contributed by atoms with Crippen LogP contribution in [-0.2, 0) is 19.5 Å². The summed E-state index contributed by atoms with van der Waals surface area (Å²) in [5, 5.41) is 23.9. The third-order valence-corrected chi connectivity index (χ3v) is 5.34. The van der Waals surface area contributed by atoms with E-state index in [4.69, 9.17) is 0 Å². The fraction of sp³-hybridized carbons (Fsp3) is 0.812. The Bertz CT molecular complexity index is 559. The lowest BCUT2D eigenvalue weighted by atomic mass is 9.86. The number of carbonyl (C=O) groups excluding carboxylic acids is 1. The molecule has 0 saturated heterocycles. The van der Waals surface area contributed by atoms with Gasteiger partial charge in [0.1, 0.15) is 5.82 Å². The van der Waals surface area contributed by atoms with Gasteiger partial charge in [-0.3, -0.25) is 0 Å². The number of hydrogen-bond acceptors (Lipinski definition) is 4. The predicted molar refractivity (Wildman–Crippen MR) is 85.8 cm³/mol. The van der Waals surface area contributed by atoms with Gasteiger partial charge in [-0.15, -0.1) is 10.2 Å². The summed E-state index contributed by atoms with van der Waals surface area (Å²) in [5.74, 6) is 1.86. The Labute approximate surface area is 136 Å². The van der Waals surface area contributed by atoms with E-state index in [0.29, 0.717) is 6.54 Å². The Morgan fingerprint density at radius 1 is 1.35 bits per heavy atom. The number of amides is 2. The van der Waals surface area contributed by atoms with Crippen molar-refractivity contribution in [1.82, 2.24) is 25.4 Å². The molecule has 2 unspecified atom stereocenters. The second-order valence-corrected chi connectivity index (χ2v) is 7.08. The predicted octanol–water partition coefficient (Wildman–Crippen LogP) is 1.35. The molecule has 0 aromatic carbocycles. The molecule has 1 aromatic rings. The molecule has 1 aliphatic carbocycles. The molecule has 23 heavy (non-hydrogen) atoms. The Hall–Kier alpha value is -1.63. The number of fused-ring (bicyclic) bond motifs is 1. The number of aliphatic hydroxyl groups excluding tert-OH is 1. The van der Waals surface area contributed by atoms with E-state index in [1.54, 1.807) is 0 Å². The van der Waals surface area contributed by atoms with Gasteiger partial charge in [0.25, 0.3) is 0 Å². The zero-order chi connectivity index (χ0) is 16.3. The van der Waals surface area contributed by atoms with Gasteiger partial charge in [0, 0.05) is 24.4 Å². The smallest absolute Gasteiger partial charge is 0.315 e. The van der Waals surface area contributed by atoms with Crippen LogP contribution in [0.2, 0.25) is 0 Å². The van der Waals surface area contributed by atoms with Gasteiger partial charge in [-0.2, -0.15) is 0 Å². The van der Waals surface area contributed by atoms with Crippen LogP contribution < -0.4 is 10.6 Å². The first kappa shape index (κ1) is 16.2. The maximum atomic E-state index is 12.2. The summed E-state index contributed by atoms with van der Waals surface area (Å²) >= 11 is 0. The molecule has 1 aliphatic heterocycles. The van der Waals surface area contributed by atoms with Crippen LogP contribution in [0.4, 0.5) is 4.79 Å². The van der Waals surface area contributed by atoms with Crippen LogP contribution in [0, 0.1) is 5.41 Å². The zero-order valence-corrected chi connectivity index (χ0v) is 13.8. The average Bonchev–Trinajstić information content (AvgIpc) is 3.01. The number of hydrogen-bond donors (Lipinski definition) is 3. The van der Waals surface area contributed by atoms with E-state index >= 15 is 0 Å². The lowest BCUT2D eigenvalue weighted by molar-refractivity contribution is 0.121. The number of nitrogens with one attached hydrogen (secondary N) is 2. The molecule has 7 nitrogen and oxygen atoms in total. The summed E-state index contributed by atoms with van der Waals surface area (Å²) in [5.41, 5.74) is -0.205. The molecular weight excluding hydrogens is 294 g/mol. The van der Waals surface area contributed by atoms with Crippen molar-refractivity contribution >= 4 is 6.03 Å². The van der Waals surface area contributed by atoms with Crippen molar-refractivity contribution in [2.24, 2.45) is 5.41 Å². The standard InChI is InChI=1S/C16H27N5O2/c1-16(11-22)8-5-6-12(16)18-15(23)17-10-14-20-19-13-7-3-2-4-9-21(13)14/h12,22H,2-11H2,1H3,(H2,17,18,23). The van der Waals surface area contributed by atoms with E-state index in [-0.39, 0.29) is 24.1 Å². The summed E-state index contributed by atoms with van der Waals surface area (Å²) < 4.78 is 2.14. The SMILES string of the molecule is CC1(CO)CCCC1NC(=O)NCc1nnc2n1CCCCC2. The molecule has 0 radical (unpaired) electrons. The molecule has 1 saturated carbocycles. The molecule has 0 spiro atoms. The number of nitrogens with zero attached hydrogens (tertiary/aromatic N) is 3. The highest BCUT2D eigenvalue weighted by atomic mass is 16.3. The third-order valence-electron chi connectivity index (χ3n) is 5.34. The topological polar surface area (TPSA) is 92.1 Å². The normalized spacial score (nSPS) is 27.3. The van der Waals surface area contributed by atoms with Crippen LogP contribution in [0.15, 0.2) is 0 Å². The van der Waals surface area contributed by atoms with Crippen LogP contribution in [0.3, 0.4) is 0 Å². The highest BCUT2D eigenvalue weighted by molar-refractivity contribution is 5.74. The summed E-state index contributed by atoms with van der Waals surface area (Å²) in [6.45, 7) is 3.46. The first-order valence-corrected chi connectivity index (χ1v) is 8.68. The molecule has 3 N–H and O–H groups in total. The lowest BCUT2D eigenvalue weighted by Gasteiger charge is -2.30. The van der Waals surface area contributed by atoms with Gasteiger partial charge >= 0.3 is 6.03 Å². The second-order valence-electron chi connectivity index (χ2n) is 7.08. The number of carbonyl (C=O) groups is 1. The maximum absolute atomic E-state index is 12.2. The van der Waals surface area contributed by atoms with E-state index < -0.39 is 0 Å². The Morgan fingerprint density at radius 3 is 3.04 bits per heavy atom. The Balaban J connectivity index is 1.54. The summed E-state index contributed by atoms with van der Waals surface area (Å²) in [4.78, 5) is 12.2. The molecular formula is C16H27N5O2. The minimum Gasteiger partial charge on any atom is -0.396 e. The number of aromatic nitrogens is 3. The van der Waals surface area contributed by atoms with Crippen molar-refractivity contribution in [1.29, 1.82) is 0 Å². The lowest BCUT2D eigenvalue weighted by Crippen LogP contribution is -2.48. The first-order chi connectivity index (χ1) is 11.1. The fourth-order valence-corrected chi connectivity index (χ4v) is 3.71. The molecule has 1 aromatic heterocycles. The van der Waals surface area contributed by atoms with Crippen molar-refractivity contribution in [2.45, 2.75) is 71.0 Å². The Morgan fingerprint density at radius 2 is 2.22 bits per heavy atom. The van der Waals surface area contributed by atoms with E-state index in [2.05, 4.69) is 25.4 Å². The third kappa shape index (κ3) is 3.49. The molecule has 1 fully saturated rings. The fourth-order valence-electron chi connectivity index (χ4n) is 3.71. The molecule has 128 valence electrons. The first-order valence-electron chi connectivity index (χ1n) is 8.68. The summed E-state index contributed by atoms with van der Waals surface area (Å²) in [6, 6.07) is -0.162. The largest absolute Gasteiger partial charge is 0.396 e. The van der Waals surface area contributed by atoms with E-state index in [1.807, 2.05) is 6.92 Å². The molecule has 0 bridgehead atoms. The summed E-state index contributed by atoms with van der Waals surface area (Å²) in [6.07, 6.45) is 7.40. The van der Waals surface area contributed by atoms with Crippen LogP contribution in [-0.4, -0.2) is 38.6 Å². The Kier molecular flexibility index (Phi) is 4.84. The molecule has 2 amide bonds. The van der Waals surface area contributed by atoms with Crippen LogP contribution in [0.25, 0.3) is 0 Å². The van der Waals surface area contributed by atoms with Crippen LogP contribution in [0.1, 0.15) is 57.1 Å². The van der Waals surface area contributed by atoms with Gasteiger partial charge in [0.15, 0.2) is 5.82 Å².